The number of carboxylic acid groups (broad SMARTS) is 1. The van der Waals surface area contributed by atoms with Gasteiger partial charge in [0.1, 0.15) is 4.90 Å². The summed E-state index contributed by atoms with van der Waals surface area (Å²) in [5.41, 5.74) is 0.312. The molecule has 0 unspecified atom stereocenters. The van der Waals surface area contributed by atoms with Crippen LogP contribution >= 0.6 is 0 Å². The van der Waals surface area contributed by atoms with E-state index in [1.807, 2.05) is 0 Å². The van der Waals surface area contributed by atoms with Crippen LogP contribution in [0.5, 0.6) is 0 Å². The standard InChI is InChI=1S/C15H22N2O5S/c1-22-9-8-16-13-7-6-11(15(18)19)10-14(13)23(20,21)17-12-4-2-3-5-12/h6-7,10,12,16-17H,2-5,8-9H2,1H3,(H,18,19). The van der Waals surface area contributed by atoms with Crippen molar-refractivity contribution in [3.05, 3.63) is 23.8 Å². The summed E-state index contributed by atoms with van der Waals surface area (Å²) < 4.78 is 32.9. The maximum absolute atomic E-state index is 12.6. The van der Waals surface area contributed by atoms with E-state index in [4.69, 9.17) is 9.84 Å². The Kier molecular flexibility index (Phi) is 5.97. The van der Waals surface area contributed by atoms with Crippen LogP contribution in [-0.2, 0) is 14.8 Å². The number of hydrogen-bond donors (Lipinski definition) is 3. The number of aromatic carboxylic acids is 1. The SMILES string of the molecule is COCCNc1ccc(C(=O)O)cc1S(=O)(=O)NC1CCCC1. The molecule has 7 nitrogen and oxygen atoms in total. The number of rotatable bonds is 8. The summed E-state index contributed by atoms with van der Waals surface area (Å²) in [4.78, 5) is 11.1. The molecule has 0 saturated heterocycles. The smallest absolute Gasteiger partial charge is 0.335 e. The molecular formula is C15H22N2O5S. The van der Waals surface area contributed by atoms with Crippen molar-refractivity contribution in [2.75, 3.05) is 25.6 Å². The van der Waals surface area contributed by atoms with Crippen LogP contribution in [0.3, 0.4) is 0 Å². The molecule has 3 N–H and O–H groups in total. The largest absolute Gasteiger partial charge is 0.478 e. The van der Waals surface area contributed by atoms with Gasteiger partial charge >= 0.3 is 5.97 Å². The number of carbonyl (C=O) groups is 1. The van der Waals surface area contributed by atoms with Crippen LogP contribution in [0.25, 0.3) is 0 Å². The maximum atomic E-state index is 12.6. The lowest BCUT2D eigenvalue weighted by Crippen LogP contribution is -2.33. The van der Waals surface area contributed by atoms with Crippen LogP contribution in [-0.4, -0.2) is 45.8 Å². The minimum Gasteiger partial charge on any atom is -0.478 e. The summed E-state index contributed by atoms with van der Waals surface area (Å²) in [5, 5.41) is 12.1. The van der Waals surface area contributed by atoms with Gasteiger partial charge in [-0.15, -0.1) is 0 Å². The van der Waals surface area contributed by atoms with Gasteiger partial charge in [0, 0.05) is 19.7 Å². The lowest BCUT2D eigenvalue weighted by Gasteiger charge is -2.17. The van der Waals surface area contributed by atoms with Crippen molar-refractivity contribution in [1.82, 2.24) is 4.72 Å². The van der Waals surface area contributed by atoms with Crippen LogP contribution in [0, 0.1) is 0 Å². The Bertz CT molecular complexity index is 654. The predicted molar refractivity (Wildman–Crippen MR) is 86.3 cm³/mol. The Labute approximate surface area is 136 Å². The normalized spacial score (nSPS) is 15.7. The number of sulfonamides is 1. The van der Waals surface area contributed by atoms with Crippen LogP contribution in [0.15, 0.2) is 23.1 Å². The van der Waals surface area contributed by atoms with Crippen molar-refractivity contribution >= 4 is 21.7 Å². The second kappa shape index (κ2) is 7.76. The van der Waals surface area contributed by atoms with Gasteiger partial charge in [-0.1, -0.05) is 12.8 Å². The Balaban J connectivity index is 2.30. The summed E-state index contributed by atoms with van der Waals surface area (Å²) in [6.07, 6.45) is 3.62. The zero-order valence-electron chi connectivity index (χ0n) is 13.0. The number of ether oxygens (including phenoxy) is 1. The molecule has 0 aliphatic heterocycles. The minimum atomic E-state index is -3.78. The average molecular weight is 342 g/mol. The Morgan fingerprint density at radius 3 is 2.65 bits per heavy atom. The third kappa shape index (κ3) is 4.66. The van der Waals surface area contributed by atoms with Crippen molar-refractivity contribution in [3.63, 3.8) is 0 Å². The van der Waals surface area contributed by atoms with Crippen molar-refractivity contribution in [2.24, 2.45) is 0 Å². The molecule has 1 fully saturated rings. The third-order valence-electron chi connectivity index (χ3n) is 3.82. The van der Waals surface area contributed by atoms with Crippen LogP contribution < -0.4 is 10.0 Å². The van der Waals surface area contributed by atoms with E-state index in [1.165, 1.54) is 18.2 Å². The maximum Gasteiger partial charge on any atom is 0.335 e. The summed E-state index contributed by atoms with van der Waals surface area (Å²) in [6, 6.07) is 3.96. The molecule has 0 radical (unpaired) electrons. The van der Waals surface area contributed by atoms with Gasteiger partial charge in [-0.2, -0.15) is 0 Å². The molecule has 23 heavy (non-hydrogen) atoms. The fourth-order valence-electron chi connectivity index (χ4n) is 2.64. The van der Waals surface area contributed by atoms with Gasteiger partial charge in [0.05, 0.1) is 17.9 Å². The average Bonchev–Trinajstić information content (AvgIpc) is 2.99. The molecule has 0 bridgehead atoms. The summed E-state index contributed by atoms with van der Waals surface area (Å²) in [6.45, 7) is 0.838. The Morgan fingerprint density at radius 2 is 2.04 bits per heavy atom. The van der Waals surface area contributed by atoms with Crippen molar-refractivity contribution < 1.29 is 23.1 Å². The molecule has 1 aliphatic rings. The molecule has 128 valence electrons. The van der Waals surface area contributed by atoms with E-state index in [0.29, 0.717) is 18.8 Å². The van der Waals surface area contributed by atoms with Gasteiger partial charge in [-0.25, -0.2) is 17.9 Å². The molecule has 1 aromatic carbocycles. The molecule has 1 aliphatic carbocycles. The quantitative estimate of drug-likeness (QED) is 0.621. The monoisotopic (exact) mass is 342 g/mol. The molecule has 2 rings (SSSR count). The molecule has 1 aromatic rings. The summed E-state index contributed by atoms with van der Waals surface area (Å²) >= 11 is 0. The van der Waals surface area contributed by atoms with Gasteiger partial charge in [-0.05, 0) is 31.0 Å². The van der Waals surface area contributed by atoms with E-state index in [1.54, 1.807) is 7.11 Å². The highest BCUT2D eigenvalue weighted by Crippen LogP contribution is 2.26. The number of hydrogen-bond acceptors (Lipinski definition) is 5. The first kappa shape index (κ1) is 17.7. The fourth-order valence-corrected chi connectivity index (χ4v) is 4.15. The first-order valence-corrected chi connectivity index (χ1v) is 9.05. The van der Waals surface area contributed by atoms with Gasteiger partial charge < -0.3 is 15.2 Å². The Hall–Kier alpha value is -1.64. The van der Waals surface area contributed by atoms with E-state index < -0.39 is 16.0 Å². The molecule has 0 amide bonds. The second-order valence-electron chi connectivity index (χ2n) is 5.54. The zero-order valence-corrected chi connectivity index (χ0v) is 13.9. The minimum absolute atomic E-state index is 0.0413. The number of methoxy groups -OCH3 is 1. The molecule has 0 spiro atoms. The number of benzene rings is 1. The van der Waals surface area contributed by atoms with Gasteiger partial charge in [-0.3, -0.25) is 0 Å². The van der Waals surface area contributed by atoms with Crippen LogP contribution in [0.2, 0.25) is 0 Å². The van der Waals surface area contributed by atoms with Gasteiger partial charge in [0.2, 0.25) is 10.0 Å². The molecule has 0 aromatic heterocycles. The van der Waals surface area contributed by atoms with Crippen molar-refractivity contribution in [2.45, 2.75) is 36.6 Å². The summed E-state index contributed by atoms with van der Waals surface area (Å²) in [5.74, 6) is -1.16. The third-order valence-corrected chi connectivity index (χ3v) is 5.38. The fraction of sp³-hybridized carbons (Fsp3) is 0.533. The van der Waals surface area contributed by atoms with E-state index in [2.05, 4.69) is 10.0 Å². The molecule has 0 heterocycles. The molecule has 8 heteroatoms. The van der Waals surface area contributed by atoms with Crippen LogP contribution in [0.1, 0.15) is 36.0 Å². The topological polar surface area (TPSA) is 105 Å². The van der Waals surface area contributed by atoms with Gasteiger partial charge in [0.25, 0.3) is 0 Å². The highest BCUT2D eigenvalue weighted by atomic mass is 32.2. The van der Waals surface area contributed by atoms with E-state index in [9.17, 15) is 13.2 Å². The summed E-state index contributed by atoms with van der Waals surface area (Å²) in [7, 11) is -2.23. The first-order chi connectivity index (χ1) is 10.9. The Morgan fingerprint density at radius 1 is 1.35 bits per heavy atom. The zero-order chi connectivity index (χ0) is 16.9. The van der Waals surface area contributed by atoms with Crippen molar-refractivity contribution in [3.8, 4) is 0 Å². The van der Waals surface area contributed by atoms with E-state index in [0.717, 1.165) is 25.7 Å². The number of nitrogens with one attached hydrogen (secondary N) is 2. The molecule has 1 saturated carbocycles. The highest BCUT2D eigenvalue weighted by Gasteiger charge is 2.26. The first-order valence-electron chi connectivity index (χ1n) is 7.56. The number of carboxylic acids is 1. The molecule has 0 atom stereocenters. The lowest BCUT2D eigenvalue weighted by molar-refractivity contribution is 0.0696. The second-order valence-corrected chi connectivity index (χ2v) is 7.22. The van der Waals surface area contributed by atoms with E-state index in [-0.39, 0.29) is 16.5 Å². The number of anilines is 1. The van der Waals surface area contributed by atoms with Crippen LogP contribution in [0.4, 0.5) is 5.69 Å². The van der Waals surface area contributed by atoms with E-state index >= 15 is 0 Å². The van der Waals surface area contributed by atoms with Gasteiger partial charge in [0.15, 0.2) is 0 Å². The highest BCUT2D eigenvalue weighted by molar-refractivity contribution is 7.89. The van der Waals surface area contributed by atoms with Crippen molar-refractivity contribution in [1.29, 1.82) is 0 Å². The predicted octanol–water partition coefficient (Wildman–Crippen LogP) is 1.66. The lowest BCUT2D eigenvalue weighted by atomic mass is 10.2. The molecular weight excluding hydrogens is 320 g/mol.